The van der Waals surface area contributed by atoms with E-state index >= 15 is 0 Å². The Bertz CT molecular complexity index is 428. The summed E-state index contributed by atoms with van der Waals surface area (Å²) in [6.07, 6.45) is -19.6. The Hall–Kier alpha value is -1.27. The van der Waals surface area contributed by atoms with E-state index in [0.717, 1.165) is 0 Å². The Labute approximate surface area is 115 Å². The molecule has 132 valence electrons. The first-order valence-corrected chi connectivity index (χ1v) is 5.17. The van der Waals surface area contributed by atoms with Crippen LogP contribution in [0.5, 0.6) is 0 Å². The topological polar surface area (TPSA) is 46.5 Å². The van der Waals surface area contributed by atoms with Crippen LogP contribution in [0.3, 0.4) is 0 Å². The van der Waals surface area contributed by atoms with Gasteiger partial charge in [0, 0.05) is 5.92 Å². The molecule has 2 atom stereocenters. The predicted molar refractivity (Wildman–Crippen MR) is 48.3 cm³/mol. The average molecular weight is 354 g/mol. The summed E-state index contributed by atoms with van der Waals surface area (Å²) in [5.74, 6) is -12.7. The number of hydrogen-bond acceptors (Lipinski definition) is 2. The van der Waals surface area contributed by atoms with Gasteiger partial charge < -0.3 is 5.11 Å². The number of carboxylic acid groups (broad SMARTS) is 1. The third-order valence-electron chi connectivity index (χ3n) is 2.54. The van der Waals surface area contributed by atoms with E-state index in [0.29, 0.717) is 0 Å². The first-order valence-electron chi connectivity index (χ1n) is 5.17. The number of ether oxygens (including phenoxy) is 1. The van der Waals surface area contributed by atoms with E-state index in [2.05, 4.69) is 4.74 Å². The zero-order chi connectivity index (χ0) is 18.4. The molecule has 0 heterocycles. The van der Waals surface area contributed by atoms with Gasteiger partial charge in [0.2, 0.25) is 0 Å². The molecular weight excluding hydrogens is 346 g/mol. The minimum absolute atomic E-state index is 0.207. The zero-order valence-corrected chi connectivity index (χ0v) is 10.6. The van der Waals surface area contributed by atoms with E-state index in [9.17, 15) is 48.7 Å². The van der Waals surface area contributed by atoms with Crippen LogP contribution in [0.25, 0.3) is 0 Å². The minimum Gasteiger partial charge on any atom is -0.477 e. The molecule has 0 aliphatic carbocycles. The Balaban J connectivity index is 6.08. The van der Waals surface area contributed by atoms with Crippen molar-refractivity contribution in [3.63, 3.8) is 0 Å². The molecule has 0 radical (unpaired) electrons. The minimum atomic E-state index is -6.69. The Morgan fingerprint density at radius 2 is 1.23 bits per heavy atom. The lowest BCUT2D eigenvalue weighted by Crippen LogP contribution is -2.65. The lowest BCUT2D eigenvalue weighted by atomic mass is 9.90. The summed E-state index contributed by atoms with van der Waals surface area (Å²) in [5.41, 5.74) is -5.77. The monoisotopic (exact) mass is 354 g/mol. The molecule has 3 nitrogen and oxygen atoms in total. The number of rotatable bonds is 5. The number of carboxylic acids is 1. The SMILES string of the molecule is CC(C)C(F)(C(F)(F)F)C(F)(F)OC(F)(C(=O)O)C(F)(F)F. The van der Waals surface area contributed by atoms with Crippen molar-refractivity contribution in [2.75, 3.05) is 0 Å². The molecule has 0 bridgehead atoms. The molecule has 0 amide bonds. The number of alkyl halides is 10. The lowest BCUT2D eigenvalue weighted by Gasteiger charge is -2.39. The average Bonchev–Trinajstić information content (AvgIpc) is 2.23. The smallest absolute Gasteiger partial charge is 0.460 e. The predicted octanol–water partition coefficient (Wildman–Crippen LogP) is 3.84. The molecule has 0 spiro atoms. The summed E-state index contributed by atoms with van der Waals surface area (Å²) in [5, 5.41) is 7.98. The highest BCUT2D eigenvalue weighted by Crippen LogP contribution is 2.53. The first kappa shape index (κ1) is 20.7. The van der Waals surface area contributed by atoms with Gasteiger partial charge in [-0.15, -0.1) is 0 Å². The van der Waals surface area contributed by atoms with Gasteiger partial charge in [0.05, 0.1) is 0 Å². The number of halogens is 10. The molecule has 22 heavy (non-hydrogen) atoms. The largest absolute Gasteiger partial charge is 0.477 e. The van der Waals surface area contributed by atoms with Crippen LogP contribution in [0.2, 0.25) is 0 Å². The second kappa shape index (κ2) is 5.42. The van der Waals surface area contributed by atoms with Crippen molar-refractivity contribution in [1.82, 2.24) is 0 Å². The van der Waals surface area contributed by atoms with Crippen LogP contribution >= 0.6 is 0 Å². The van der Waals surface area contributed by atoms with Crippen LogP contribution in [0.1, 0.15) is 13.8 Å². The van der Waals surface area contributed by atoms with Gasteiger partial charge >= 0.3 is 30.3 Å². The van der Waals surface area contributed by atoms with Gasteiger partial charge in [-0.3, -0.25) is 4.74 Å². The van der Waals surface area contributed by atoms with Crippen LogP contribution in [-0.4, -0.2) is 41.1 Å². The zero-order valence-electron chi connectivity index (χ0n) is 10.6. The highest BCUT2D eigenvalue weighted by Gasteiger charge is 2.79. The normalized spacial score (nSPS) is 19.7. The molecule has 2 unspecified atom stereocenters. The Morgan fingerprint density at radius 1 is 0.864 bits per heavy atom. The maximum absolute atomic E-state index is 13.7. The van der Waals surface area contributed by atoms with Crippen molar-refractivity contribution in [1.29, 1.82) is 0 Å². The van der Waals surface area contributed by atoms with E-state index < -0.39 is 41.9 Å². The van der Waals surface area contributed by atoms with Crippen molar-refractivity contribution < 1.29 is 58.5 Å². The standard InChI is InChI=1S/C9H8F10O3/c1-3(2)5(10,7(12,13)14)9(18,19)22-6(11,4(20)21)8(15,16)17/h3H,1-2H3,(H,20,21). The molecular formula is C9H8F10O3. The number of aliphatic carboxylic acids is 1. The second-order valence-electron chi connectivity index (χ2n) is 4.38. The third kappa shape index (κ3) is 3.08. The molecule has 0 aliphatic rings. The van der Waals surface area contributed by atoms with Gasteiger partial charge in [-0.25, -0.2) is 9.18 Å². The van der Waals surface area contributed by atoms with Crippen molar-refractivity contribution in [2.45, 2.75) is 43.8 Å². The molecule has 1 N–H and O–H groups in total. The van der Waals surface area contributed by atoms with Crippen LogP contribution in [-0.2, 0) is 9.53 Å². The van der Waals surface area contributed by atoms with Crippen LogP contribution < -0.4 is 0 Å². The maximum Gasteiger partial charge on any atom is 0.460 e. The van der Waals surface area contributed by atoms with Gasteiger partial charge in [0.1, 0.15) is 0 Å². The van der Waals surface area contributed by atoms with Crippen LogP contribution in [0.4, 0.5) is 43.9 Å². The van der Waals surface area contributed by atoms with Gasteiger partial charge in [0.15, 0.2) is 0 Å². The molecule has 0 aromatic rings. The van der Waals surface area contributed by atoms with E-state index in [1.165, 1.54) is 0 Å². The highest BCUT2D eigenvalue weighted by atomic mass is 19.4. The molecule has 13 heteroatoms. The van der Waals surface area contributed by atoms with Crippen molar-refractivity contribution in [3.8, 4) is 0 Å². The summed E-state index contributed by atoms with van der Waals surface area (Å²) < 4.78 is 129. The molecule has 0 aliphatic heterocycles. The lowest BCUT2D eigenvalue weighted by molar-refractivity contribution is -0.456. The Kier molecular flexibility index (Phi) is 5.11. The second-order valence-corrected chi connectivity index (χ2v) is 4.38. The summed E-state index contributed by atoms with van der Waals surface area (Å²) in [6.45, 7) is 0.415. The summed E-state index contributed by atoms with van der Waals surface area (Å²) in [7, 11) is 0. The van der Waals surface area contributed by atoms with Gasteiger partial charge in [0.25, 0.3) is 5.67 Å². The van der Waals surface area contributed by atoms with Gasteiger partial charge in [-0.05, 0) is 0 Å². The summed E-state index contributed by atoms with van der Waals surface area (Å²) >= 11 is 0. The van der Waals surface area contributed by atoms with Crippen LogP contribution in [0, 0.1) is 5.92 Å². The number of hydrogen-bond donors (Lipinski definition) is 1. The molecule has 0 rings (SSSR count). The van der Waals surface area contributed by atoms with Crippen molar-refractivity contribution >= 4 is 5.97 Å². The fourth-order valence-electron chi connectivity index (χ4n) is 1.30. The van der Waals surface area contributed by atoms with E-state index in [4.69, 9.17) is 5.11 Å². The fraction of sp³-hybridized carbons (Fsp3) is 0.889. The quantitative estimate of drug-likeness (QED) is 0.764. The first-order chi connectivity index (χ1) is 9.34. The van der Waals surface area contributed by atoms with Crippen molar-refractivity contribution in [3.05, 3.63) is 0 Å². The van der Waals surface area contributed by atoms with Crippen LogP contribution in [0.15, 0.2) is 0 Å². The molecule has 0 aromatic carbocycles. The molecule has 0 fully saturated rings. The Morgan fingerprint density at radius 3 is 1.41 bits per heavy atom. The summed E-state index contributed by atoms with van der Waals surface area (Å²) in [6, 6.07) is 0. The molecule has 0 saturated heterocycles. The van der Waals surface area contributed by atoms with E-state index in [1.54, 1.807) is 0 Å². The van der Waals surface area contributed by atoms with Gasteiger partial charge in [-0.1, -0.05) is 13.8 Å². The third-order valence-corrected chi connectivity index (χ3v) is 2.54. The fourth-order valence-corrected chi connectivity index (χ4v) is 1.30. The molecule has 0 saturated carbocycles. The molecule has 0 aromatic heterocycles. The van der Waals surface area contributed by atoms with E-state index in [1.807, 2.05) is 0 Å². The van der Waals surface area contributed by atoms with Gasteiger partial charge in [-0.2, -0.15) is 39.5 Å². The number of carbonyl (C=O) groups is 1. The van der Waals surface area contributed by atoms with E-state index in [-0.39, 0.29) is 13.8 Å². The highest BCUT2D eigenvalue weighted by molar-refractivity contribution is 5.76. The maximum atomic E-state index is 13.7. The van der Waals surface area contributed by atoms with Crippen molar-refractivity contribution in [2.24, 2.45) is 5.92 Å². The summed E-state index contributed by atoms with van der Waals surface area (Å²) in [4.78, 5) is 10.1.